The first-order chi connectivity index (χ1) is 12.0. The molecule has 5 nitrogen and oxygen atoms in total. The van der Waals surface area contributed by atoms with Crippen molar-refractivity contribution in [2.24, 2.45) is 17.8 Å². The van der Waals surface area contributed by atoms with Crippen molar-refractivity contribution in [1.82, 2.24) is 0 Å². The average molecular weight is 362 g/mol. The molecule has 1 aliphatic carbocycles. The first-order valence-corrected chi connectivity index (χ1v) is 9.08. The van der Waals surface area contributed by atoms with Crippen molar-refractivity contribution in [2.45, 2.75) is 60.0 Å². The van der Waals surface area contributed by atoms with Gasteiger partial charge in [0.15, 0.2) is 23.0 Å². The third-order valence-electron chi connectivity index (χ3n) is 4.74. The Morgan fingerprint density at radius 1 is 1.23 bits per heavy atom. The highest BCUT2D eigenvalue weighted by atomic mass is 16.3. The van der Waals surface area contributed by atoms with E-state index in [1.54, 1.807) is 26.0 Å². The minimum Gasteiger partial charge on any atom is -0.508 e. The van der Waals surface area contributed by atoms with Gasteiger partial charge in [-0.1, -0.05) is 45.4 Å². The molecule has 5 heteroatoms. The summed E-state index contributed by atoms with van der Waals surface area (Å²) < 4.78 is 0. The Morgan fingerprint density at radius 3 is 2.27 bits per heavy atom. The van der Waals surface area contributed by atoms with E-state index < -0.39 is 46.1 Å². The molecule has 0 bridgehead atoms. The molecule has 0 aromatic carbocycles. The SMILES string of the molecule is CCC(C)C(=O)C1=C(O)[C@@](O)(C(=O)/C=C/C(C)C)C(CC=C(C)C)C1=O. The van der Waals surface area contributed by atoms with Crippen molar-refractivity contribution in [1.29, 1.82) is 0 Å². The molecule has 26 heavy (non-hydrogen) atoms. The van der Waals surface area contributed by atoms with Crippen LogP contribution in [0, 0.1) is 17.8 Å². The Bertz CT molecular complexity index is 677. The Labute approximate surface area is 155 Å². The lowest BCUT2D eigenvalue weighted by Gasteiger charge is -2.26. The number of hydrogen-bond acceptors (Lipinski definition) is 5. The van der Waals surface area contributed by atoms with Gasteiger partial charge in [0.05, 0.1) is 5.92 Å². The van der Waals surface area contributed by atoms with Crippen LogP contribution in [-0.4, -0.2) is 33.2 Å². The molecule has 2 N–H and O–H groups in total. The summed E-state index contributed by atoms with van der Waals surface area (Å²) in [5.74, 6) is -4.42. The quantitative estimate of drug-likeness (QED) is 0.392. The van der Waals surface area contributed by atoms with Crippen LogP contribution in [0.5, 0.6) is 0 Å². The van der Waals surface area contributed by atoms with Crippen LogP contribution >= 0.6 is 0 Å². The van der Waals surface area contributed by atoms with E-state index in [9.17, 15) is 24.6 Å². The van der Waals surface area contributed by atoms with E-state index in [0.29, 0.717) is 6.42 Å². The minimum absolute atomic E-state index is 0.0585. The zero-order chi connectivity index (χ0) is 20.2. The topological polar surface area (TPSA) is 91.7 Å². The summed E-state index contributed by atoms with van der Waals surface area (Å²) in [6.07, 6.45) is 5.04. The van der Waals surface area contributed by atoms with Gasteiger partial charge in [0, 0.05) is 5.92 Å². The molecule has 144 valence electrons. The number of allylic oxidation sites excluding steroid dienone is 4. The number of rotatable bonds is 8. The second-order valence-electron chi connectivity index (χ2n) is 7.56. The highest BCUT2D eigenvalue weighted by Gasteiger charge is 2.58. The molecule has 1 aliphatic rings. The van der Waals surface area contributed by atoms with Crippen LogP contribution in [0.2, 0.25) is 0 Å². The predicted octanol–water partition coefficient (Wildman–Crippen LogP) is 3.48. The van der Waals surface area contributed by atoms with Crippen LogP contribution < -0.4 is 0 Å². The molecule has 0 aliphatic heterocycles. The van der Waals surface area contributed by atoms with Crippen LogP contribution in [0.15, 0.2) is 35.1 Å². The summed E-state index contributed by atoms with van der Waals surface area (Å²) in [6.45, 7) is 10.8. The molecule has 0 saturated heterocycles. The second kappa shape index (κ2) is 8.58. The summed E-state index contributed by atoms with van der Waals surface area (Å²) in [7, 11) is 0. The summed E-state index contributed by atoms with van der Waals surface area (Å²) in [5.41, 5.74) is -1.92. The Hall–Kier alpha value is -2.01. The van der Waals surface area contributed by atoms with Crippen molar-refractivity contribution in [3.63, 3.8) is 0 Å². The third kappa shape index (κ3) is 4.21. The standard InChI is InChI=1S/C21H30O5/c1-7-14(6)18(23)17-19(24)15(10-8-12(2)3)21(26,20(17)25)16(22)11-9-13(4)5/h8-9,11,13-15,25-26H,7,10H2,1-6H3/b11-9+/t14?,15?,21-/m0/s1. The second-order valence-corrected chi connectivity index (χ2v) is 7.56. The average Bonchev–Trinajstić information content (AvgIpc) is 2.76. The molecule has 0 spiro atoms. The number of carbonyl (C=O) groups excluding carboxylic acids is 3. The minimum atomic E-state index is -2.40. The zero-order valence-electron chi connectivity index (χ0n) is 16.5. The van der Waals surface area contributed by atoms with E-state index in [0.717, 1.165) is 5.57 Å². The number of aliphatic hydroxyl groups is 2. The molecule has 0 heterocycles. The number of ketones is 3. The molecule has 0 radical (unpaired) electrons. The van der Waals surface area contributed by atoms with Gasteiger partial charge in [-0.05, 0) is 38.7 Å². The van der Waals surface area contributed by atoms with Gasteiger partial charge < -0.3 is 10.2 Å². The van der Waals surface area contributed by atoms with Gasteiger partial charge in [0.2, 0.25) is 0 Å². The normalized spacial score (nSPS) is 24.5. The van der Waals surface area contributed by atoms with E-state index in [-0.39, 0.29) is 12.3 Å². The summed E-state index contributed by atoms with van der Waals surface area (Å²) in [5, 5.41) is 21.6. The van der Waals surface area contributed by atoms with Gasteiger partial charge >= 0.3 is 0 Å². The van der Waals surface area contributed by atoms with E-state index in [4.69, 9.17) is 0 Å². The lowest BCUT2D eigenvalue weighted by molar-refractivity contribution is -0.140. The van der Waals surface area contributed by atoms with Crippen molar-refractivity contribution >= 4 is 17.3 Å². The Kier molecular flexibility index (Phi) is 7.27. The highest BCUT2D eigenvalue weighted by molar-refractivity contribution is 6.27. The fraction of sp³-hybridized carbons (Fsp3) is 0.571. The fourth-order valence-electron chi connectivity index (χ4n) is 2.83. The molecule has 2 unspecified atom stereocenters. The maximum Gasteiger partial charge on any atom is 0.195 e. The third-order valence-corrected chi connectivity index (χ3v) is 4.74. The molecule has 1 rings (SSSR count). The van der Waals surface area contributed by atoms with E-state index >= 15 is 0 Å². The molecule has 0 fully saturated rings. The maximum atomic E-state index is 12.8. The molecule has 0 aromatic rings. The maximum absolute atomic E-state index is 12.8. The monoisotopic (exact) mass is 362 g/mol. The molecule has 0 amide bonds. The molecular formula is C21H30O5. The van der Waals surface area contributed by atoms with Crippen molar-refractivity contribution < 1.29 is 24.6 Å². The summed E-state index contributed by atoms with van der Waals surface area (Å²) in [4.78, 5) is 38.1. The summed E-state index contributed by atoms with van der Waals surface area (Å²) >= 11 is 0. The predicted molar refractivity (Wildman–Crippen MR) is 101 cm³/mol. The first kappa shape index (κ1) is 22.0. The van der Waals surface area contributed by atoms with Crippen LogP contribution in [-0.2, 0) is 14.4 Å². The number of carbonyl (C=O) groups is 3. The zero-order valence-corrected chi connectivity index (χ0v) is 16.5. The molecule has 0 aromatic heterocycles. The fourth-order valence-corrected chi connectivity index (χ4v) is 2.83. The van der Waals surface area contributed by atoms with Crippen LogP contribution in [0.25, 0.3) is 0 Å². The lowest BCUT2D eigenvalue weighted by Crippen LogP contribution is -2.45. The van der Waals surface area contributed by atoms with Gasteiger partial charge in [-0.25, -0.2) is 0 Å². The smallest absolute Gasteiger partial charge is 0.195 e. The van der Waals surface area contributed by atoms with Crippen molar-refractivity contribution in [3.8, 4) is 0 Å². The lowest BCUT2D eigenvalue weighted by atomic mass is 9.82. The number of hydrogen-bond donors (Lipinski definition) is 2. The van der Waals surface area contributed by atoms with Gasteiger partial charge in [-0.2, -0.15) is 0 Å². The van der Waals surface area contributed by atoms with Crippen molar-refractivity contribution in [2.75, 3.05) is 0 Å². The van der Waals surface area contributed by atoms with Gasteiger partial charge in [0.25, 0.3) is 0 Å². The van der Waals surface area contributed by atoms with E-state index in [2.05, 4.69) is 0 Å². The van der Waals surface area contributed by atoms with Crippen molar-refractivity contribution in [3.05, 3.63) is 35.1 Å². The molecule has 0 saturated carbocycles. The summed E-state index contributed by atoms with van der Waals surface area (Å²) in [6, 6.07) is 0. The Morgan fingerprint density at radius 2 is 1.81 bits per heavy atom. The highest BCUT2D eigenvalue weighted by Crippen LogP contribution is 2.41. The van der Waals surface area contributed by atoms with Gasteiger partial charge in [-0.15, -0.1) is 0 Å². The van der Waals surface area contributed by atoms with Gasteiger partial charge in [-0.3, -0.25) is 14.4 Å². The van der Waals surface area contributed by atoms with E-state index in [1.165, 1.54) is 6.08 Å². The number of aliphatic hydroxyl groups excluding tert-OH is 1. The first-order valence-electron chi connectivity index (χ1n) is 9.08. The molecule has 3 atom stereocenters. The molecular weight excluding hydrogens is 332 g/mol. The number of Topliss-reactive ketones (excluding diaryl/α,β-unsaturated/α-hetero) is 2. The van der Waals surface area contributed by atoms with Crippen LogP contribution in [0.1, 0.15) is 54.4 Å². The van der Waals surface area contributed by atoms with Crippen LogP contribution in [0.3, 0.4) is 0 Å². The largest absolute Gasteiger partial charge is 0.508 e. The van der Waals surface area contributed by atoms with E-state index in [1.807, 2.05) is 27.7 Å². The van der Waals surface area contributed by atoms with Gasteiger partial charge in [0.1, 0.15) is 11.3 Å². The van der Waals surface area contributed by atoms with Crippen LogP contribution in [0.4, 0.5) is 0 Å². The Balaban J connectivity index is 3.48.